The molecule has 0 amide bonds. The Balaban J connectivity index is 2.14. The Morgan fingerprint density at radius 3 is 2.59 bits per heavy atom. The molecule has 0 saturated heterocycles. The number of furan rings is 1. The summed E-state index contributed by atoms with van der Waals surface area (Å²) in [5.41, 5.74) is 6.44. The minimum absolute atomic E-state index is 0.932. The van der Waals surface area contributed by atoms with Crippen LogP contribution in [0.25, 0.3) is 33.2 Å². The second-order valence-corrected chi connectivity index (χ2v) is 7.40. The summed E-state index contributed by atoms with van der Waals surface area (Å²) in [5.74, 6) is 0. The van der Waals surface area contributed by atoms with E-state index >= 15 is 0 Å². The zero-order chi connectivity index (χ0) is 15.3. The predicted octanol–water partition coefficient (Wildman–Crippen LogP) is 4.06. The van der Waals surface area contributed by atoms with Crippen LogP contribution in [-0.2, 0) is 0 Å². The third-order valence-electron chi connectivity index (χ3n) is 3.97. The van der Waals surface area contributed by atoms with Crippen LogP contribution in [0, 0.1) is 13.8 Å². The maximum absolute atomic E-state index is 6.17. The molecule has 0 bridgehead atoms. The van der Waals surface area contributed by atoms with E-state index in [2.05, 4.69) is 50.2 Å². The number of aryl methyl sites for hydroxylation is 2. The van der Waals surface area contributed by atoms with E-state index in [9.17, 15) is 0 Å². The summed E-state index contributed by atoms with van der Waals surface area (Å²) in [6.45, 7) is 4.24. The number of hydrogen-bond donors (Lipinski definition) is 0. The van der Waals surface area contributed by atoms with Crippen molar-refractivity contribution in [1.29, 1.82) is 0 Å². The molecule has 0 spiro atoms. The topological polar surface area (TPSA) is 26.0 Å². The van der Waals surface area contributed by atoms with Crippen molar-refractivity contribution in [2.24, 2.45) is 0 Å². The van der Waals surface area contributed by atoms with Gasteiger partial charge in [0.2, 0.25) is 0 Å². The van der Waals surface area contributed by atoms with Gasteiger partial charge in [-0.3, -0.25) is 0 Å². The van der Waals surface area contributed by atoms with Crippen LogP contribution in [0.5, 0.6) is 0 Å². The number of rotatable bonds is 1. The van der Waals surface area contributed by atoms with Gasteiger partial charge in [0, 0.05) is 0 Å². The van der Waals surface area contributed by atoms with Gasteiger partial charge in [0.25, 0.3) is 0 Å². The molecule has 0 atom stereocenters. The molecular formula is C19H14BiNO. The second kappa shape index (κ2) is 5.17. The van der Waals surface area contributed by atoms with Crippen molar-refractivity contribution in [3.05, 3.63) is 59.7 Å². The van der Waals surface area contributed by atoms with Crippen molar-refractivity contribution in [2.75, 3.05) is 0 Å². The second-order valence-electron chi connectivity index (χ2n) is 5.62. The fraction of sp³-hybridized carbons (Fsp3) is 0.105. The monoisotopic (exact) mass is 481 g/mol. The van der Waals surface area contributed by atoms with Crippen LogP contribution >= 0.6 is 0 Å². The van der Waals surface area contributed by atoms with Crippen molar-refractivity contribution in [3.63, 3.8) is 0 Å². The number of nitrogens with zero attached hydrogens (tertiary/aromatic N) is 1. The molecule has 2 nitrogen and oxygen atoms in total. The third kappa shape index (κ3) is 2.16. The van der Waals surface area contributed by atoms with Gasteiger partial charge in [-0.25, -0.2) is 0 Å². The maximum atomic E-state index is 6.17. The minimum atomic E-state index is 0.932. The van der Waals surface area contributed by atoms with Gasteiger partial charge in [0.05, 0.1) is 0 Å². The van der Waals surface area contributed by atoms with Gasteiger partial charge >= 0.3 is 144 Å². The molecule has 0 N–H and O–H groups in total. The van der Waals surface area contributed by atoms with Gasteiger partial charge in [0.1, 0.15) is 0 Å². The fourth-order valence-corrected chi connectivity index (χ4v) is 4.19. The first-order chi connectivity index (χ1) is 10.6. The van der Waals surface area contributed by atoms with Crippen LogP contribution in [0.15, 0.2) is 52.9 Å². The SMILES string of the molecule is Cc1c[c]([Bi])nc(-c2c(C)ccc3c2oc2ccccc23)c1. The van der Waals surface area contributed by atoms with Gasteiger partial charge in [0.15, 0.2) is 0 Å². The standard InChI is InChI=1S/C19H14NO.Bi/c1-12-9-10-20-16(11-12)18-13(2)7-8-15-14-5-3-4-6-17(14)21-19(15)18;/h3-9,11H,1-2H3;. The first-order valence-corrected chi connectivity index (χ1v) is 8.96. The summed E-state index contributed by atoms with van der Waals surface area (Å²) in [5, 5.41) is 2.32. The van der Waals surface area contributed by atoms with E-state index in [4.69, 9.17) is 9.40 Å². The van der Waals surface area contributed by atoms with Crippen LogP contribution in [0.2, 0.25) is 0 Å². The summed E-state index contributed by atoms with van der Waals surface area (Å²) in [4.78, 5) is 4.77. The van der Waals surface area contributed by atoms with Crippen LogP contribution in [-0.4, -0.2) is 29.7 Å². The molecule has 4 rings (SSSR count). The van der Waals surface area contributed by atoms with E-state index in [1.54, 1.807) is 0 Å². The summed E-state index contributed by atoms with van der Waals surface area (Å²) in [6, 6.07) is 16.8. The summed E-state index contributed by atoms with van der Waals surface area (Å²) in [7, 11) is 0. The molecule has 0 aliphatic rings. The Kier molecular flexibility index (Phi) is 3.27. The van der Waals surface area contributed by atoms with Gasteiger partial charge in [-0.1, -0.05) is 0 Å². The Morgan fingerprint density at radius 1 is 0.955 bits per heavy atom. The molecular weight excluding hydrogens is 467 g/mol. The molecule has 0 aliphatic heterocycles. The van der Waals surface area contributed by atoms with Gasteiger partial charge in [-0.2, -0.15) is 0 Å². The molecule has 22 heavy (non-hydrogen) atoms. The van der Waals surface area contributed by atoms with Gasteiger partial charge < -0.3 is 0 Å². The molecule has 106 valence electrons. The Labute approximate surface area is 144 Å². The molecule has 2 aromatic carbocycles. The molecule has 0 fully saturated rings. The quantitative estimate of drug-likeness (QED) is 0.384. The summed E-state index contributed by atoms with van der Waals surface area (Å²) < 4.78 is 7.31. The van der Waals surface area contributed by atoms with E-state index in [1.807, 2.05) is 12.1 Å². The normalized spacial score (nSPS) is 11.4. The first-order valence-electron chi connectivity index (χ1n) is 7.22. The third-order valence-corrected chi connectivity index (χ3v) is 4.86. The van der Waals surface area contributed by atoms with Crippen molar-refractivity contribution >= 4 is 50.1 Å². The molecule has 0 unspecified atom stereocenters. The average molecular weight is 481 g/mol. The molecule has 2 heterocycles. The molecule has 3 heteroatoms. The van der Waals surface area contributed by atoms with E-state index < -0.39 is 0 Å². The Morgan fingerprint density at radius 2 is 1.77 bits per heavy atom. The van der Waals surface area contributed by atoms with E-state index in [-0.39, 0.29) is 0 Å². The summed E-state index contributed by atoms with van der Waals surface area (Å²) >= 11 is 1.17. The van der Waals surface area contributed by atoms with Crippen LogP contribution in [0.4, 0.5) is 0 Å². The average Bonchev–Trinajstić information content (AvgIpc) is 2.84. The zero-order valence-corrected chi connectivity index (χ0v) is 15.9. The molecule has 0 aliphatic carbocycles. The molecule has 2 aromatic heterocycles. The molecule has 2 radical (unpaired) electrons. The van der Waals surface area contributed by atoms with Gasteiger partial charge in [-0.05, 0) is 0 Å². The number of fused-ring (bicyclic) bond motifs is 3. The van der Waals surface area contributed by atoms with E-state index in [0.717, 1.165) is 36.6 Å². The Bertz CT molecular complexity index is 996. The van der Waals surface area contributed by atoms with Crippen molar-refractivity contribution < 1.29 is 4.42 Å². The van der Waals surface area contributed by atoms with E-state index in [1.165, 1.54) is 35.8 Å². The number of hydrogen-bond acceptors (Lipinski definition) is 2. The van der Waals surface area contributed by atoms with E-state index in [0.29, 0.717) is 0 Å². The van der Waals surface area contributed by atoms with Crippen LogP contribution in [0.3, 0.4) is 0 Å². The van der Waals surface area contributed by atoms with Crippen molar-refractivity contribution in [1.82, 2.24) is 4.98 Å². The van der Waals surface area contributed by atoms with Gasteiger partial charge in [-0.15, -0.1) is 0 Å². The Hall–Kier alpha value is -1.73. The number of para-hydroxylation sites is 1. The van der Waals surface area contributed by atoms with Crippen molar-refractivity contribution in [3.8, 4) is 11.3 Å². The zero-order valence-electron chi connectivity index (χ0n) is 12.4. The first kappa shape index (κ1) is 13.9. The number of aromatic nitrogens is 1. The van der Waals surface area contributed by atoms with Crippen molar-refractivity contribution in [2.45, 2.75) is 13.8 Å². The molecule has 4 aromatic rings. The van der Waals surface area contributed by atoms with Crippen LogP contribution < -0.4 is 3.40 Å². The fourth-order valence-electron chi connectivity index (χ4n) is 2.98. The number of pyridine rings is 1. The molecule has 0 saturated carbocycles. The summed E-state index contributed by atoms with van der Waals surface area (Å²) in [6.07, 6.45) is 0. The predicted molar refractivity (Wildman–Crippen MR) is 91.8 cm³/mol. The van der Waals surface area contributed by atoms with Crippen LogP contribution in [0.1, 0.15) is 11.1 Å². The number of benzene rings is 2.